The number of aromatic amines is 4. The van der Waals surface area contributed by atoms with Crippen LogP contribution in [0.2, 0.25) is 0 Å². The summed E-state index contributed by atoms with van der Waals surface area (Å²) in [6.07, 6.45) is 0. The van der Waals surface area contributed by atoms with Crippen molar-refractivity contribution in [1.82, 2.24) is 19.9 Å². The van der Waals surface area contributed by atoms with Crippen molar-refractivity contribution in [1.29, 1.82) is 0 Å². The molecule has 4 N–H and O–H groups in total. The molecule has 0 spiro atoms. The molecule has 0 radical (unpaired) electrons. The van der Waals surface area contributed by atoms with Crippen LogP contribution in [0.25, 0.3) is 11.4 Å². The van der Waals surface area contributed by atoms with Crippen molar-refractivity contribution in [2.24, 2.45) is 0 Å². The van der Waals surface area contributed by atoms with Gasteiger partial charge in [0.2, 0.25) is 34.9 Å². The summed E-state index contributed by atoms with van der Waals surface area (Å²) in [5, 5.41) is 0. The Labute approximate surface area is 289 Å². The van der Waals surface area contributed by atoms with Crippen LogP contribution in [0.3, 0.4) is 0 Å². The Morgan fingerprint density at radius 1 is 0.283 bits per heavy atom. The third kappa shape index (κ3) is 5.15. The molecule has 0 aliphatic carbocycles. The third-order valence-corrected chi connectivity index (χ3v) is 8.74. The highest BCUT2D eigenvalue weighted by Crippen LogP contribution is 2.42. The molecule has 8 bridgehead atoms. The van der Waals surface area contributed by atoms with Crippen LogP contribution in [0.15, 0.2) is 66.7 Å². The van der Waals surface area contributed by atoms with Crippen molar-refractivity contribution < 1.29 is 52.7 Å². The zero-order valence-corrected chi connectivity index (χ0v) is 25.9. The molecule has 3 aromatic carbocycles. The molecule has 53 heavy (non-hydrogen) atoms. The SMILES string of the molecule is Fc1cc(F)c(F)c([C+]2c3ccc([nH]3)-c3ccc([nH]3)[C+](c3c(F)c(F)cc(F)c3F)c3ccc([nH]3)[C+](c3c(F)c(F)cc(F)c3F)c3ccc2[nH]3)c1F. The quantitative estimate of drug-likeness (QED) is 0.0792. The first-order valence-corrected chi connectivity index (χ1v) is 15.1. The Kier molecular flexibility index (Phi) is 7.67. The average Bonchev–Trinajstić information content (AvgIpc) is 3.95. The van der Waals surface area contributed by atoms with Gasteiger partial charge in [-0.25, -0.2) is 0 Å². The number of rotatable bonds is 3. The number of hydrogen-bond acceptors (Lipinski definition) is 0. The summed E-state index contributed by atoms with van der Waals surface area (Å²) in [5.41, 5.74) is -5.55. The number of halogens is 12. The van der Waals surface area contributed by atoms with Gasteiger partial charge in [-0.1, -0.05) is 0 Å². The molecular formula is C37H15F12N4+3. The van der Waals surface area contributed by atoms with Crippen LogP contribution < -0.4 is 0 Å². The van der Waals surface area contributed by atoms with E-state index < -0.39 is 116 Å². The Morgan fingerprint density at radius 2 is 0.491 bits per heavy atom. The Morgan fingerprint density at radius 3 is 0.736 bits per heavy atom. The van der Waals surface area contributed by atoms with Crippen LogP contribution in [-0.2, 0) is 0 Å². The molecule has 0 fully saturated rings. The predicted octanol–water partition coefficient (Wildman–Crippen LogP) is 9.71. The van der Waals surface area contributed by atoms with Crippen molar-refractivity contribution in [2.45, 2.75) is 0 Å². The van der Waals surface area contributed by atoms with Crippen LogP contribution >= 0.6 is 0 Å². The van der Waals surface area contributed by atoms with Crippen molar-refractivity contribution in [3.8, 4) is 11.4 Å². The minimum absolute atomic E-state index is 0.0228. The molecule has 4 nitrogen and oxygen atoms in total. The maximum absolute atomic E-state index is 15.6. The standard InChI is InChI=1S/C37H15F12N4/c38-12-9-13(39)33(45)29(32(12)44)26-20-3-1-18(50-20)19-2-4-21(51-19)27(30-34(46)14(40)10-15(41)35(30)47)23-6-8-25(53-23)28(24-7-5-22(26)52-24)31-36(48)16(42)11-17(43)37(31)49/h1-11,50-53H/q+3. The average molecular weight is 744 g/mol. The van der Waals surface area contributed by atoms with Crippen LogP contribution in [0.5, 0.6) is 0 Å². The fraction of sp³-hybridized carbons (Fsp3) is 0. The van der Waals surface area contributed by atoms with Crippen molar-refractivity contribution in [3.63, 3.8) is 0 Å². The van der Waals surface area contributed by atoms with Crippen molar-refractivity contribution >= 4 is 0 Å². The first kappa shape index (κ1) is 33.7. The second kappa shape index (κ2) is 12.1. The maximum Gasteiger partial charge on any atom is 0.236 e. The zero-order chi connectivity index (χ0) is 37.6. The summed E-state index contributed by atoms with van der Waals surface area (Å²) in [4.78, 5) is 10.9. The fourth-order valence-corrected chi connectivity index (χ4v) is 6.39. The van der Waals surface area contributed by atoms with Crippen molar-refractivity contribution in [2.75, 3.05) is 0 Å². The molecule has 0 unspecified atom stereocenters. The number of benzene rings is 3. The Hall–Kier alpha value is -6.45. The Balaban J connectivity index is 1.46. The molecule has 264 valence electrons. The molecule has 1 aliphatic rings. The molecule has 4 aromatic heterocycles. The molecule has 1 aliphatic heterocycles. The number of hydrogen-bond donors (Lipinski definition) is 4. The largest absolute Gasteiger partial charge is 0.340 e. The molecule has 8 rings (SSSR count). The molecule has 0 atom stereocenters. The zero-order valence-electron chi connectivity index (χ0n) is 25.9. The molecule has 7 aromatic rings. The number of H-pyrrole nitrogens is 4. The lowest BCUT2D eigenvalue weighted by Gasteiger charge is -2.14. The van der Waals surface area contributed by atoms with Gasteiger partial charge in [-0.2, -0.15) is 52.7 Å². The van der Waals surface area contributed by atoms with Gasteiger partial charge in [0, 0.05) is 30.3 Å². The monoisotopic (exact) mass is 743 g/mol. The highest BCUT2D eigenvalue weighted by Gasteiger charge is 2.44. The van der Waals surface area contributed by atoms with Crippen LogP contribution in [0.4, 0.5) is 52.7 Å². The molecule has 16 heteroatoms. The number of nitrogens with one attached hydrogen (secondary N) is 4. The first-order chi connectivity index (χ1) is 25.2. The van der Waals surface area contributed by atoms with E-state index in [2.05, 4.69) is 19.9 Å². The van der Waals surface area contributed by atoms with Gasteiger partial charge in [0.15, 0.2) is 51.6 Å². The summed E-state index contributed by atoms with van der Waals surface area (Å²) in [6.45, 7) is 0. The van der Waals surface area contributed by atoms with Crippen LogP contribution in [0, 0.1) is 87.6 Å². The smallest absolute Gasteiger partial charge is 0.236 e. The van der Waals surface area contributed by atoms with Gasteiger partial charge in [0.25, 0.3) is 0 Å². The van der Waals surface area contributed by atoms with E-state index in [0.29, 0.717) is 0 Å². The predicted molar refractivity (Wildman–Crippen MR) is 163 cm³/mol. The van der Waals surface area contributed by atoms with Gasteiger partial charge in [-0.05, 0) is 12.1 Å². The summed E-state index contributed by atoms with van der Waals surface area (Å²) in [6, 6.07) is 9.28. The third-order valence-electron chi connectivity index (χ3n) is 8.74. The highest BCUT2D eigenvalue weighted by atomic mass is 19.2. The minimum atomic E-state index is -1.92. The lowest BCUT2D eigenvalue weighted by molar-refractivity contribution is 0.444. The summed E-state index contributed by atoms with van der Waals surface area (Å²) in [7, 11) is 0. The molecule has 5 heterocycles. The van der Waals surface area contributed by atoms with E-state index in [0.717, 1.165) is 24.3 Å². The van der Waals surface area contributed by atoms with Gasteiger partial charge in [0.1, 0.15) is 51.9 Å². The molecule has 0 saturated carbocycles. The lowest BCUT2D eigenvalue weighted by atomic mass is 9.91. The van der Waals surface area contributed by atoms with Crippen molar-refractivity contribution in [3.05, 3.63) is 205 Å². The molecule has 0 saturated heterocycles. The van der Waals surface area contributed by atoms with Gasteiger partial charge in [-0.3, -0.25) is 0 Å². The summed E-state index contributed by atoms with van der Waals surface area (Å²) in [5.74, 6) is -23.9. The number of fused-ring (bicyclic) bond motifs is 9. The van der Waals surface area contributed by atoms with E-state index in [1.807, 2.05) is 0 Å². The van der Waals surface area contributed by atoms with E-state index in [-0.39, 0.29) is 52.4 Å². The summed E-state index contributed by atoms with van der Waals surface area (Å²) < 4.78 is 181. The van der Waals surface area contributed by atoms with E-state index in [1.54, 1.807) is 0 Å². The number of aromatic nitrogens is 4. The van der Waals surface area contributed by atoms with Gasteiger partial charge >= 0.3 is 0 Å². The van der Waals surface area contributed by atoms with Crippen LogP contribution in [-0.4, -0.2) is 19.9 Å². The molecule has 0 amide bonds. The van der Waals surface area contributed by atoms with E-state index in [9.17, 15) is 26.3 Å². The normalized spacial score (nSPS) is 12.8. The lowest BCUT2D eigenvalue weighted by Crippen LogP contribution is -2.16. The second-order valence-electron chi connectivity index (χ2n) is 11.8. The van der Waals surface area contributed by atoms with Gasteiger partial charge in [0.05, 0.1) is 35.7 Å². The van der Waals surface area contributed by atoms with E-state index in [1.165, 1.54) is 24.3 Å². The van der Waals surface area contributed by atoms with Gasteiger partial charge in [-0.15, -0.1) is 0 Å². The van der Waals surface area contributed by atoms with Crippen LogP contribution in [0.1, 0.15) is 50.9 Å². The molecular weight excluding hydrogens is 728 g/mol. The fourth-order valence-electron chi connectivity index (χ4n) is 6.39. The first-order valence-electron chi connectivity index (χ1n) is 15.1. The van der Waals surface area contributed by atoms with E-state index in [4.69, 9.17) is 0 Å². The summed E-state index contributed by atoms with van der Waals surface area (Å²) >= 11 is 0. The topological polar surface area (TPSA) is 63.2 Å². The van der Waals surface area contributed by atoms with Gasteiger partial charge < -0.3 is 19.9 Å². The maximum atomic E-state index is 15.6. The highest BCUT2D eigenvalue weighted by molar-refractivity contribution is 5.66. The Bertz CT molecular complexity index is 2370. The second-order valence-corrected chi connectivity index (χ2v) is 11.8. The van der Waals surface area contributed by atoms with E-state index >= 15 is 26.3 Å². The minimum Gasteiger partial charge on any atom is -0.340 e.